The van der Waals surface area contributed by atoms with Gasteiger partial charge in [-0.3, -0.25) is 0 Å². The normalized spacial score (nSPS) is 16.5. The summed E-state index contributed by atoms with van der Waals surface area (Å²) in [5.74, 6) is -4.02. The summed E-state index contributed by atoms with van der Waals surface area (Å²) in [6, 6.07) is 5.88. The average molecular weight is 432 g/mol. The van der Waals surface area contributed by atoms with Crippen molar-refractivity contribution in [1.29, 1.82) is 0 Å². The van der Waals surface area contributed by atoms with Crippen LogP contribution in [-0.2, 0) is 4.84 Å². The van der Waals surface area contributed by atoms with Crippen LogP contribution in [0.15, 0.2) is 36.6 Å². The van der Waals surface area contributed by atoms with Gasteiger partial charge < -0.3 is 10.2 Å². The SMILES string of the molecule is Cc1cc(I)ccc1Nc1c(C2C=CON2)cc(F)c(F)c1F. The Morgan fingerprint density at radius 1 is 1.17 bits per heavy atom. The van der Waals surface area contributed by atoms with Crippen LogP contribution in [-0.4, -0.2) is 0 Å². The minimum Gasteiger partial charge on any atom is -0.416 e. The molecule has 0 bridgehead atoms. The van der Waals surface area contributed by atoms with Gasteiger partial charge in [0, 0.05) is 14.8 Å². The molecule has 2 aromatic rings. The van der Waals surface area contributed by atoms with E-state index in [1.165, 1.54) is 6.26 Å². The molecule has 2 aromatic carbocycles. The lowest BCUT2D eigenvalue weighted by Gasteiger charge is -2.18. The van der Waals surface area contributed by atoms with Gasteiger partial charge in [-0.1, -0.05) is 0 Å². The molecular formula is C16H12F3IN2O. The number of halogens is 4. The van der Waals surface area contributed by atoms with Crippen LogP contribution in [0.3, 0.4) is 0 Å². The van der Waals surface area contributed by atoms with Crippen molar-refractivity contribution in [3.8, 4) is 0 Å². The Morgan fingerprint density at radius 2 is 1.96 bits per heavy atom. The molecule has 1 aliphatic rings. The molecule has 1 heterocycles. The maximum atomic E-state index is 14.3. The fourth-order valence-corrected chi connectivity index (χ4v) is 2.97. The van der Waals surface area contributed by atoms with Crippen molar-refractivity contribution >= 4 is 34.0 Å². The summed E-state index contributed by atoms with van der Waals surface area (Å²) in [5.41, 5.74) is 4.15. The van der Waals surface area contributed by atoms with E-state index in [4.69, 9.17) is 4.84 Å². The molecule has 23 heavy (non-hydrogen) atoms. The van der Waals surface area contributed by atoms with Gasteiger partial charge in [-0.15, -0.1) is 5.48 Å². The fraction of sp³-hybridized carbons (Fsp3) is 0.125. The van der Waals surface area contributed by atoms with Crippen molar-refractivity contribution in [1.82, 2.24) is 5.48 Å². The second kappa shape index (κ2) is 6.40. The minimum absolute atomic E-state index is 0.124. The highest BCUT2D eigenvalue weighted by Crippen LogP contribution is 2.34. The monoisotopic (exact) mass is 432 g/mol. The van der Waals surface area contributed by atoms with Crippen molar-refractivity contribution in [2.75, 3.05) is 5.32 Å². The highest BCUT2D eigenvalue weighted by molar-refractivity contribution is 14.1. The van der Waals surface area contributed by atoms with Crippen LogP contribution >= 0.6 is 22.6 Å². The third-order valence-corrected chi connectivity index (χ3v) is 4.18. The summed E-state index contributed by atoms with van der Waals surface area (Å²) < 4.78 is 42.6. The molecule has 0 saturated heterocycles. The van der Waals surface area contributed by atoms with Crippen molar-refractivity contribution in [3.05, 3.63) is 68.8 Å². The first-order valence-electron chi connectivity index (χ1n) is 6.76. The summed E-state index contributed by atoms with van der Waals surface area (Å²) in [4.78, 5) is 4.87. The summed E-state index contributed by atoms with van der Waals surface area (Å²) in [5, 5.41) is 2.87. The predicted octanol–water partition coefficient (Wildman–Crippen LogP) is 4.85. The van der Waals surface area contributed by atoms with Crippen LogP contribution in [0.4, 0.5) is 24.5 Å². The molecule has 0 spiro atoms. The van der Waals surface area contributed by atoms with Crippen LogP contribution in [0.2, 0.25) is 0 Å². The Bertz CT molecular complexity index is 795. The van der Waals surface area contributed by atoms with Crippen LogP contribution in [0.5, 0.6) is 0 Å². The average Bonchev–Trinajstić information content (AvgIpc) is 3.04. The van der Waals surface area contributed by atoms with Crippen molar-refractivity contribution < 1.29 is 18.0 Å². The first kappa shape index (κ1) is 16.1. The molecule has 0 radical (unpaired) electrons. The summed E-state index contributed by atoms with van der Waals surface area (Å²) in [6.45, 7) is 1.85. The minimum atomic E-state index is -1.51. The molecule has 1 unspecified atom stereocenters. The Hall–Kier alpha value is -1.74. The molecule has 3 rings (SSSR count). The van der Waals surface area contributed by atoms with Crippen LogP contribution in [0, 0.1) is 27.9 Å². The second-order valence-corrected chi connectivity index (χ2v) is 6.32. The number of benzene rings is 2. The lowest BCUT2D eigenvalue weighted by molar-refractivity contribution is 0.142. The molecule has 0 aromatic heterocycles. The quantitative estimate of drug-likeness (QED) is 0.538. The van der Waals surface area contributed by atoms with Crippen LogP contribution in [0.1, 0.15) is 17.2 Å². The topological polar surface area (TPSA) is 33.3 Å². The van der Waals surface area contributed by atoms with Gasteiger partial charge in [0.05, 0.1) is 11.7 Å². The molecular weight excluding hydrogens is 420 g/mol. The number of hydrogen-bond acceptors (Lipinski definition) is 3. The molecule has 7 heteroatoms. The van der Waals surface area contributed by atoms with E-state index < -0.39 is 23.5 Å². The number of aryl methyl sites for hydroxylation is 1. The van der Waals surface area contributed by atoms with E-state index in [1.807, 2.05) is 19.1 Å². The lowest BCUT2D eigenvalue weighted by Crippen LogP contribution is -2.16. The lowest BCUT2D eigenvalue weighted by atomic mass is 10.0. The number of anilines is 2. The maximum absolute atomic E-state index is 14.3. The molecule has 1 atom stereocenters. The molecule has 1 aliphatic heterocycles. The largest absolute Gasteiger partial charge is 0.416 e. The highest BCUT2D eigenvalue weighted by Gasteiger charge is 2.25. The third kappa shape index (κ3) is 3.16. The van der Waals surface area contributed by atoms with Crippen molar-refractivity contribution in [3.63, 3.8) is 0 Å². The smallest absolute Gasteiger partial charge is 0.196 e. The Balaban J connectivity index is 2.09. The van der Waals surface area contributed by atoms with Gasteiger partial charge in [-0.05, 0) is 65.4 Å². The molecule has 120 valence electrons. The van der Waals surface area contributed by atoms with E-state index in [1.54, 1.807) is 12.1 Å². The van der Waals surface area contributed by atoms with Gasteiger partial charge in [0.1, 0.15) is 6.26 Å². The molecule has 3 nitrogen and oxygen atoms in total. The Kier molecular flexibility index (Phi) is 4.49. The van der Waals surface area contributed by atoms with Gasteiger partial charge in [0.15, 0.2) is 17.5 Å². The first-order chi connectivity index (χ1) is 11.0. The van der Waals surface area contributed by atoms with E-state index in [9.17, 15) is 13.2 Å². The van der Waals surface area contributed by atoms with Crippen LogP contribution < -0.4 is 10.8 Å². The zero-order chi connectivity index (χ0) is 16.6. The highest BCUT2D eigenvalue weighted by atomic mass is 127. The zero-order valence-corrected chi connectivity index (χ0v) is 14.1. The van der Waals surface area contributed by atoms with Crippen molar-refractivity contribution in [2.24, 2.45) is 0 Å². The predicted molar refractivity (Wildman–Crippen MR) is 89.6 cm³/mol. The number of rotatable bonds is 3. The van der Waals surface area contributed by atoms with Crippen molar-refractivity contribution in [2.45, 2.75) is 13.0 Å². The zero-order valence-electron chi connectivity index (χ0n) is 12.0. The number of nitrogens with one attached hydrogen (secondary N) is 2. The van der Waals surface area contributed by atoms with Gasteiger partial charge >= 0.3 is 0 Å². The van der Waals surface area contributed by atoms with E-state index in [0.29, 0.717) is 5.69 Å². The molecule has 0 fully saturated rings. The van der Waals surface area contributed by atoms with E-state index >= 15 is 0 Å². The third-order valence-electron chi connectivity index (χ3n) is 3.51. The van der Waals surface area contributed by atoms with E-state index in [-0.39, 0.29) is 11.3 Å². The van der Waals surface area contributed by atoms with Gasteiger partial charge in [0.25, 0.3) is 0 Å². The van der Waals surface area contributed by atoms with Gasteiger partial charge in [-0.25, -0.2) is 13.2 Å². The molecule has 0 amide bonds. The summed E-state index contributed by atoms with van der Waals surface area (Å²) in [7, 11) is 0. The van der Waals surface area contributed by atoms with Gasteiger partial charge in [0.2, 0.25) is 0 Å². The fourth-order valence-electron chi connectivity index (χ4n) is 2.32. The first-order valence-corrected chi connectivity index (χ1v) is 7.83. The Morgan fingerprint density at radius 3 is 2.61 bits per heavy atom. The van der Waals surface area contributed by atoms with Crippen LogP contribution in [0.25, 0.3) is 0 Å². The standard InChI is InChI=1S/C16H12F3IN2O/c1-8-6-9(20)2-3-12(8)21-16-10(13-4-5-23-22-13)7-11(17)14(18)15(16)19/h2-7,13,21-22H,1H3. The molecule has 2 N–H and O–H groups in total. The Labute approximate surface area is 144 Å². The van der Waals surface area contributed by atoms with E-state index in [0.717, 1.165) is 15.2 Å². The molecule has 0 saturated carbocycles. The summed E-state index contributed by atoms with van der Waals surface area (Å²) in [6.07, 6.45) is 2.95. The number of hydroxylamine groups is 1. The maximum Gasteiger partial charge on any atom is 0.196 e. The number of hydrogen-bond donors (Lipinski definition) is 2. The molecule has 0 aliphatic carbocycles. The second-order valence-electron chi connectivity index (χ2n) is 5.08. The summed E-state index contributed by atoms with van der Waals surface area (Å²) >= 11 is 2.16. The van der Waals surface area contributed by atoms with Gasteiger partial charge in [-0.2, -0.15) is 0 Å². The van der Waals surface area contributed by atoms with E-state index in [2.05, 4.69) is 33.4 Å².